The number of rotatable bonds is 4. The molecule has 0 aromatic heterocycles. The lowest BCUT2D eigenvalue weighted by Crippen LogP contribution is -2.31. The maximum absolute atomic E-state index is 12.9. The summed E-state index contributed by atoms with van der Waals surface area (Å²) in [7, 11) is -2.21. The SMILES string of the molecule is CN1C(=O)c2cccc(NC(=O)c3ccc(S(=O)(=O)N4CCCCCC4)cc3)c2C1=O. The number of fused-ring (bicyclic) bond motifs is 1. The number of sulfonamides is 1. The largest absolute Gasteiger partial charge is 0.321 e. The minimum Gasteiger partial charge on any atom is -0.321 e. The number of nitrogens with one attached hydrogen (secondary N) is 1. The van der Waals surface area contributed by atoms with Gasteiger partial charge in [0.2, 0.25) is 10.0 Å². The van der Waals surface area contributed by atoms with Gasteiger partial charge in [0.25, 0.3) is 17.7 Å². The molecule has 31 heavy (non-hydrogen) atoms. The van der Waals surface area contributed by atoms with Gasteiger partial charge in [-0.2, -0.15) is 4.31 Å². The molecule has 0 radical (unpaired) electrons. The number of hydrogen-bond donors (Lipinski definition) is 1. The average molecular weight is 442 g/mol. The van der Waals surface area contributed by atoms with E-state index in [2.05, 4.69) is 5.32 Å². The monoisotopic (exact) mass is 441 g/mol. The molecule has 0 spiro atoms. The highest BCUT2D eigenvalue weighted by Gasteiger charge is 2.35. The molecule has 3 amide bonds. The number of nitrogens with zero attached hydrogens (tertiary/aromatic N) is 2. The van der Waals surface area contributed by atoms with Crippen molar-refractivity contribution in [3.05, 3.63) is 59.2 Å². The van der Waals surface area contributed by atoms with Crippen molar-refractivity contribution in [3.8, 4) is 0 Å². The van der Waals surface area contributed by atoms with E-state index in [1.807, 2.05) is 0 Å². The molecule has 1 saturated heterocycles. The molecule has 2 heterocycles. The summed E-state index contributed by atoms with van der Waals surface area (Å²) in [5.41, 5.74) is 0.886. The van der Waals surface area contributed by atoms with Crippen LogP contribution in [0, 0.1) is 0 Å². The molecular formula is C22H23N3O5S. The summed E-state index contributed by atoms with van der Waals surface area (Å²) < 4.78 is 27.3. The van der Waals surface area contributed by atoms with Crippen molar-refractivity contribution in [1.82, 2.24) is 9.21 Å². The zero-order chi connectivity index (χ0) is 22.2. The fourth-order valence-corrected chi connectivity index (χ4v) is 5.43. The number of imide groups is 1. The first kappa shape index (κ1) is 21.2. The van der Waals surface area contributed by atoms with E-state index < -0.39 is 27.7 Å². The predicted molar refractivity (Wildman–Crippen MR) is 114 cm³/mol. The predicted octanol–water partition coefficient (Wildman–Crippen LogP) is 2.73. The topological polar surface area (TPSA) is 104 Å². The minimum atomic E-state index is -3.60. The van der Waals surface area contributed by atoms with Gasteiger partial charge in [0.15, 0.2) is 0 Å². The molecule has 2 aliphatic heterocycles. The van der Waals surface area contributed by atoms with Crippen molar-refractivity contribution < 1.29 is 22.8 Å². The van der Waals surface area contributed by atoms with Gasteiger partial charge >= 0.3 is 0 Å². The van der Waals surface area contributed by atoms with Crippen LogP contribution in [-0.2, 0) is 10.0 Å². The summed E-state index contributed by atoms with van der Waals surface area (Å²) >= 11 is 0. The van der Waals surface area contributed by atoms with E-state index in [1.165, 1.54) is 41.7 Å². The number of anilines is 1. The van der Waals surface area contributed by atoms with E-state index in [4.69, 9.17) is 0 Å². The molecule has 0 unspecified atom stereocenters. The Morgan fingerprint density at radius 3 is 2.19 bits per heavy atom. The highest BCUT2D eigenvalue weighted by atomic mass is 32.2. The number of carbonyl (C=O) groups excluding carboxylic acids is 3. The lowest BCUT2D eigenvalue weighted by molar-refractivity contribution is 0.0693. The van der Waals surface area contributed by atoms with Crippen molar-refractivity contribution >= 4 is 33.4 Å². The Morgan fingerprint density at radius 2 is 1.55 bits per heavy atom. The molecule has 2 aromatic rings. The maximum atomic E-state index is 12.9. The Balaban J connectivity index is 1.54. The number of amides is 3. The third kappa shape index (κ3) is 3.86. The molecule has 0 saturated carbocycles. The van der Waals surface area contributed by atoms with E-state index in [0.717, 1.165) is 30.6 Å². The van der Waals surface area contributed by atoms with E-state index in [9.17, 15) is 22.8 Å². The van der Waals surface area contributed by atoms with Crippen molar-refractivity contribution in [1.29, 1.82) is 0 Å². The van der Waals surface area contributed by atoms with Gasteiger partial charge in [-0.15, -0.1) is 0 Å². The third-order valence-corrected chi connectivity index (χ3v) is 7.60. The standard InChI is InChI=1S/C22H23N3O5S/c1-24-21(27)17-7-6-8-18(19(17)22(24)28)23-20(26)15-9-11-16(12-10-15)31(29,30)25-13-4-2-3-5-14-25/h6-12H,2-5,13-14H2,1H3,(H,23,26). The first-order valence-corrected chi connectivity index (χ1v) is 11.6. The van der Waals surface area contributed by atoms with Gasteiger partial charge < -0.3 is 5.32 Å². The fourth-order valence-electron chi connectivity index (χ4n) is 3.91. The molecule has 1 N–H and O–H groups in total. The number of benzene rings is 2. The normalized spacial score (nSPS) is 17.4. The van der Waals surface area contributed by atoms with Gasteiger partial charge in [0.1, 0.15) is 0 Å². The summed E-state index contributed by atoms with van der Waals surface area (Å²) in [4.78, 5) is 38.3. The molecule has 0 bridgehead atoms. The van der Waals surface area contributed by atoms with Crippen molar-refractivity contribution in [2.75, 3.05) is 25.5 Å². The van der Waals surface area contributed by atoms with Crippen LogP contribution < -0.4 is 5.32 Å². The Hall–Kier alpha value is -3.04. The molecule has 1 fully saturated rings. The summed E-state index contributed by atoms with van der Waals surface area (Å²) in [6, 6.07) is 10.4. The molecule has 2 aliphatic rings. The van der Waals surface area contributed by atoms with Crippen LogP contribution in [0.15, 0.2) is 47.4 Å². The molecule has 9 heteroatoms. The molecule has 2 aromatic carbocycles. The van der Waals surface area contributed by atoms with Gasteiger partial charge in [-0.1, -0.05) is 18.9 Å². The van der Waals surface area contributed by atoms with Gasteiger partial charge in [0.05, 0.1) is 21.7 Å². The van der Waals surface area contributed by atoms with Crippen LogP contribution in [0.1, 0.15) is 56.8 Å². The maximum Gasteiger partial charge on any atom is 0.263 e. The van der Waals surface area contributed by atoms with Crippen LogP contribution >= 0.6 is 0 Å². The van der Waals surface area contributed by atoms with E-state index in [0.29, 0.717) is 13.1 Å². The molecule has 4 rings (SSSR count). The molecule has 0 atom stereocenters. The second-order valence-corrected chi connectivity index (χ2v) is 9.63. The lowest BCUT2D eigenvalue weighted by atomic mass is 10.1. The van der Waals surface area contributed by atoms with Crippen molar-refractivity contribution in [2.45, 2.75) is 30.6 Å². The molecule has 8 nitrogen and oxygen atoms in total. The van der Waals surface area contributed by atoms with E-state index >= 15 is 0 Å². The van der Waals surface area contributed by atoms with Crippen LogP contribution in [-0.4, -0.2) is 55.5 Å². The number of hydrogen-bond acceptors (Lipinski definition) is 5. The van der Waals surface area contributed by atoms with Crippen LogP contribution in [0.3, 0.4) is 0 Å². The summed E-state index contributed by atoms with van der Waals surface area (Å²) in [6.07, 6.45) is 3.74. The minimum absolute atomic E-state index is 0.147. The summed E-state index contributed by atoms with van der Waals surface area (Å²) in [6.45, 7) is 1.01. The van der Waals surface area contributed by atoms with Crippen LogP contribution in [0.4, 0.5) is 5.69 Å². The lowest BCUT2D eigenvalue weighted by Gasteiger charge is -2.20. The van der Waals surface area contributed by atoms with Gasteiger partial charge in [-0.25, -0.2) is 8.42 Å². The van der Waals surface area contributed by atoms with Gasteiger partial charge in [-0.3, -0.25) is 19.3 Å². The van der Waals surface area contributed by atoms with Crippen LogP contribution in [0.25, 0.3) is 0 Å². The molecule has 162 valence electrons. The van der Waals surface area contributed by atoms with Crippen LogP contribution in [0.2, 0.25) is 0 Å². The summed E-state index contributed by atoms with van der Waals surface area (Å²) in [5, 5.41) is 2.66. The number of carbonyl (C=O) groups is 3. The van der Waals surface area contributed by atoms with Gasteiger partial charge in [-0.05, 0) is 49.2 Å². The highest BCUT2D eigenvalue weighted by molar-refractivity contribution is 7.89. The Kier molecular flexibility index (Phi) is 5.63. The van der Waals surface area contributed by atoms with Crippen LogP contribution in [0.5, 0.6) is 0 Å². The highest BCUT2D eigenvalue weighted by Crippen LogP contribution is 2.29. The van der Waals surface area contributed by atoms with Gasteiger partial charge in [0, 0.05) is 25.7 Å². The zero-order valence-electron chi connectivity index (χ0n) is 17.1. The Bertz CT molecular complexity index is 1150. The third-order valence-electron chi connectivity index (χ3n) is 5.69. The summed E-state index contributed by atoms with van der Waals surface area (Å²) in [5.74, 6) is -1.39. The molecular weight excluding hydrogens is 418 g/mol. The second kappa shape index (κ2) is 8.24. The second-order valence-electron chi connectivity index (χ2n) is 7.69. The Morgan fingerprint density at radius 1 is 0.903 bits per heavy atom. The first-order valence-electron chi connectivity index (χ1n) is 10.2. The fraction of sp³-hybridized carbons (Fsp3) is 0.318. The smallest absolute Gasteiger partial charge is 0.263 e. The average Bonchev–Trinajstić information content (AvgIpc) is 2.97. The molecule has 0 aliphatic carbocycles. The van der Waals surface area contributed by atoms with E-state index in [-0.39, 0.29) is 27.3 Å². The zero-order valence-corrected chi connectivity index (χ0v) is 17.9. The quantitative estimate of drug-likeness (QED) is 0.735. The van der Waals surface area contributed by atoms with Crippen molar-refractivity contribution in [2.24, 2.45) is 0 Å². The first-order chi connectivity index (χ1) is 14.8. The Labute approximate surface area is 180 Å². The van der Waals surface area contributed by atoms with E-state index in [1.54, 1.807) is 12.1 Å². The van der Waals surface area contributed by atoms with Crippen molar-refractivity contribution in [3.63, 3.8) is 0 Å².